The number of benzene rings is 1. The normalized spacial score (nSPS) is 11.9. The first-order chi connectivity index (χ1) is 10.8. The van der Waals surface area contributed by atoms with Gasteiger partial charge in [0.15, 0.2) is 6.10 Å². The van der Waals surface area contributed by atoms with Crippen molar-refractivity contribution in [3.05, 3.63) is 50.7 Å². The maximum Gasteiger partial charge on any atom is 0.340 e. The maximum atomic E-state index is 12.2. The van der Waals surface area contributed by atoms with E-state index in [0.717, 1.165) is 26.6 Å². The van der Waals surface area contributed by atoms with Crippen LogP contribution in [0.3, 0.4) is 0 Å². The molecule has 0 bridgehead atoms. The molecule has 1 amide bonds. The largest absolute Gasteiger partial charge is 0.449 e. The van der Waals surface area contributed by atoms with Crippen molar-refractivity contribution >= 4 is 28.9 Å². The average Bonchev–Trinajstić information content (AvgIpc) is 2.81. The van der Waals surface area contributed by atoms with Crippen molar-refractivity contribution in [1.29, 1.82) is 0 Å². The highest BCUT2D eigenvalue weighted by Crippen LogP contribution is 2.22. The van der Waals surface area contributed by atoms with Crippen molar-refractivity contribution in [1.82, 2.24) is 0 Å². The lowest BCUT2D eigenvalue weighted by Gasteiger charge is -2.15. The third-order valence-corrected chi connectivity index (χ3v) is 4.53. The molecular formula is C18H21NO3S. The molecule has 23 heavy (non-hydrogen) atoms. The van der Waals surface area contributed by atoms with Crippen molar-refractivity contribution in [3.8, 4) is 0 Å². The summed E-state index contributed by atoms with van der Waals surface area (Å²) in [5.74, 6) is -0.799. The van der Waals surface area contributed by atoms with Crippen LogP contribution in [0.25, 0.3) is 0 Å². The number of rotatable bonds is 4. The van der Waals surface area contributed by atoms with E-state index in [0.29, 0.717) is 5.56 Å². The molecule has 1 N–H and O–H groups in total. The standard InChI is InChI=1S/C18H21NO3S/c1-10-6-7-11(2)16(8-10)19-17(20)13(4)22-18(21)15-9-12(3)23-14(15)5/h6-9,13H,1-5H3,(H,19,20)/t13-/m1/s1. The molecule has 0 spiro atoms. The van der Waals surface area contributed by atoms with Gasteiger partial charge in [-0.05, 0) is 57.9 Å². The van der Waals surface area contributed by atoms with Crippen LogP contribution in [0.5, 0.6) is 0 Å². The highest BCUT2D eigenvalue weighted by atomic mass is 32.1. The molecule has 0 unspecified atom stereocenters. The highest BCUT2D eigenvalue weighted by Gasteiger charge is 2.21. The Morgan fingerprint density at radius 1 is 1.13 bits per heavy atom. The number of carbonyl (C=O) groups is 2. The van der Waals surface area contributed by atoms with Gasteiger partial charge in [-0.25, -0.2) is 4.79 Å². The summed E-state index contributed by atoms with van der Waals surface area (Å²) < 4.78 is 5.29. The molecule has 0 aliphatic heterocycles. The van der Waals surface area contributed by atoms with Crippen LogP contribution >= 0.6 is 11.3 Å². The Labute approximate surface area is 140 Å². The first-order valence-electron chi connectivity index (χ1n) is 7.44. The van der Waals surface area contributed by atoms with Crippen LogP contribution in [0.4, 0.5) is 5.69 Å². The number of carbonyl (C=O) groups excluding carboxylic acids is 2. The molecule has 4 nitrogen and oxygen atoms in total. The van der Waals surface area contributed by atoms with E-state index < -0.39 is 12.1 Å². The number of hydrogen-bond donors (Lipinski definition) is 1. The minimum Gasteiger partial charge on any atom is -0.449 e. The lowest BCUT2D eigenvalue weighted by molar-refractivity contribution is -0.123. The molecule has 0 saturated heterocycles. The number of esters is 1. The molecule has 1 atom stereocenters. The van der Waals surface area contributed by atoms with Gasteiger partial charge in [-0.2, -0.15) is 0 Å². The lowest BCUT2D eigenvalue weighted by Crippen LogP contribution is -2.30. The van der Waals surface area contributed by atoms with E-state index in [2.05, 4.69) is 5.32 Å². The Bertz CT molecular complexity index is 749. The first kappa shape index (κ1) is 17.2. The Kier molecular flexibility index (Phi) is 5.21. The molecular weight excluding hydrogens is 310 g/mol. The zero-order valence-corrected chi connectivity index (χ0v) is 14.8. The maximum absolute atomic E-state index is 12.2. The summed E-state index contributed by atoms with van der Waals surface area (Å²) in [5.41, 5.74) is 3.28. The molecule has 5 heteroatoms. The van der Waals surface area contributed by atoms with Crippen LogP contribution in [0.1, 0.15) is 38.2 Å². The van der Waals surface area contributed by atoms with Gasteiger partial charge in [-0.1, -0.05) is 12.1 Å². The first-order valence-corrected chi connectivity index (χ1v) is 8.25. The SMILES string of the molecule is Cc1ccc(C)c(NC(=O)[C@@H](C)OC(=O)c2cc(C)sc2C)c1. The minimum absolute atomic E-state index is 0.336. The van der Waals surface area contributed by atoms with E-state index in [1.807, 2.05) is 45.9 Å². The van der Waals surface area contributed by atoms with Gasteiger partial charge < -0.3 is 10.1 Å². The Morgan fingerprint density at radius 2 is 1.83 bits per heavy atom. The molecule has 0 aliphatic rings. The van der Waals surface area contributed by atoms with E-state index in [4.69, 9.17) is 4.74 Å². The highest BCUT2D eigenvalue weighted by molar-refractivity contribution is 7.12. The molecule has 2 aromatic rings. The second kappa shape index (κ2) is 6.96. The van der Waals surface area contributed by atoms with Crippen LogP contribution in [0, 0.1) is 27.7 Å². The van der Waals surface area contributed by atoms with E-state index in [9.17, 15) is 9.59 Å². The second-order valence-corrected chi connectivity index (χ2v) is 7.14. The van der Waals surface area contributed by atoms with Crippen molar-refractivity contribution in [3.63, 3.8) is 0 Å². The minimum atomic E-state index is -0.859. The van der Waals surface area contributed by atoms with Gasteiger partial charge in [0.05, 0.1) is 5.56 Å². The van der Waals surface area contributed by atoms with Crippen LogP contribution in [-0.4, -0.2) is 18.0 Å². The molecule has 2 rings (SSSR count). The molecule has 1 heterocycles. The predicted octanol–water partition coefficient (Wildman–Crippen LogP) is 4.17. The second-order valence-electron chi connectivity index (χ2n) is 5.68. The van der Waals surface area contributed by atoms with Crippen molar-refractivity contribution in [2.45, 2.75) is 40.7 Å². The van der Waals surface area contributed by atoms with Crippen molar-refractivity contribution in [2.75, 3.05) is 5.32 Å². The zero-order chi connectivity index (χ0) is 17.1. The van der Waals surface area contributed by atoms with E-state index >= 15 is 0 Å². The lowest BCUT2D eigenvalue weighted by atomic mass is 10.1. The molecule has 0 radical (unpaired) electrons. The van der Waals surface area contributed by atoms with Crippen LogP contribution in [-0.2, 0) is 9.53 Å². The summed E-state index contributed by atoms with van der Waals surface area (Å²) in [6.07, 6.45) is -0.859. The number of nitrogens with one attached hydrogen (secondary N) is 1. The molecule has 122 valence electrons. The van der Waals surface area contributed by atoms with Gasteiger partial charge in [-0.15, -0.1) is 11.3 Å². The van der Waals surface area contributed by atoms with Gasteiger partial charge >= 0.3 is 5.97 Å². The van der Waals surface area contributed by atoms with Gasteiger partial charge in [-0.3, -0.25) is 4.79 Å². The van der Waals surface area contributed by atoms with Crippen LogP contribution in [0.15, 0.2) is 24.3 Å². The third-order valence-electron chi connectivity index (χ3n) is 3.56. The predicted molar refractivity (Wildman–Crippen MR) is 93.2 cm³/mol. The summed E-state index contributed by atoms with van der Waals surface area (Å²) in [4.78, 5) is 26.4. The molecule has 1 aromatic carbocycles. The Balaban J connectivity index is 2.04. The average molecular weight is 331 g/mol. The van der Waals surface area contributed by atoms with E-state index in [1.54, 1.807) is 13.0 Å². The fraction of sp³-hybridized carbons (Fsp3) is 0.333. The van der Waals surface area contributed by atoms with Gasteiger partial charge in [0.2, 0.25) is 0 Å². The molecule has 0 aliphatic carbocycles. The monoisotopic (exact) mass is 331 g/mol. The zero-order valence-electron chi connectivity index (χ0n) is 14.0. The van der Waals surface area contributed by atoms with Gasteiger partial charge in [0.25, 0.3) is 5.91 Å². The quantitative estimate of drug-likeness (QED) is 0.856. The van der Waals surface area contributed by atoms with E-state index in [-0.39, 0.29) is 5.91 Å². The number of hydrogen-bond acceptors (Lipinski definition) is 4. The number of ether oxygens (including phenoxy) is 1. The van der Waals surface area contributed by atoms with Gasteiger partial charge in [0.1, 0.15) is 0 Å². The number of anilines is 1. The number of amides is 1. The van der Waals surface area contributed by atoms with Crippen molar-refractivity contribution in [2.24, 2.45) is 0 Å². The summed E-state index contributed by atoms with van der Waals surface area (Å²) in [7, 11) is 0. The fourth-order valence-electron chi connectivity index (χ4n) is 2.22. The smallest absolute Gasteiger partial charge is 0.340 e. The molecule has 0 fully saturated rings. The molecule has 1 aromatic heterocycles. The fourth-order valence-corrected chi connectivity index (χ4v) is 3.13. The summed E-state index contributed by atoms with van der Waals surface area (Å²) >= 11 is 1.54. The van der Waals surface area contributed by atoms with Crippen molar-refractivity contribution < 1.29 is 14.3 Å². The Hall–Kier alpha value is -2.14. The van der Waals surface area contributed by atoms with Crippen LogP contribution < -0.4 is 5.32 Å². The third kappa shape index (κ3) is 4.20. The van der Waals surface area contributed by atoms with Crippen LogP contribution in [0.2, 0.25) is 0 Å². The summed E-state index contributed by atoms with van der Waals surface area (Å²) in [6.45, 7) is 9.26. The number of thiophene rings is 1. The Morgan fingerprint density at radius 3 is 2.43 bits per heavy atom. The topological polar surface area (TPSA) is 55.4 Å². The number of aryl methyl sites for hydroxylation is 4. The van der Waals surface area contributed by atoms with Gasteiger partial charge in [0, 0.05) is 15.4 Å². The molecule has 0 saturated carbocycles. The van der Waals surface area contributed by atoms with E-state index in [1.165, 1.54) is 11.3 Å². The summed E-state index contributed by atoms with van der Waals surface area (Å²) in [6, 6.07) is 7.61. The summed E-state index contributed by atoms with van der Waals surface area (Å²) in [5, 5.41) is 2.81.